The molecule has 4 aliphatic rings. The zero-order valence-corrected chi connectivity index (χ0v) is 20.7. The van der Waals surface area contributed by atoms with E-state index >= 15 is 0 Å². The van der Waals surface area contributed by atoms with Gasteiger partial charge in [0.05, 0.1) is 13.7 Å². The van der Waals surface area contributed by atoms with Crippen LogP contribution in [0.3, 0.4) is 0 Å². The van der Waals surface area contributed by atoms with Gasteiger partial charge in [-0.15, -0.1) is 6.58 Å². The lowest BCUT2D eigenvalue weighted by molar-refractivity contribution is -0.0453. The SMILES string of the molecule is C=CCc1ccc(O)c(OC)c1.CCOc1ccc2c3c1O[C@H]1[C@@H](O)C=C[C@H]4[C@@H](C2)N(C)CC[C@@]341. The van der Waals surface area contributed by atoms with Crippen LogP contribution >= 0.6 is 0 Å². The Labute approximate surface area is 207 Å². The Balaban J connectivity index is 0.000000180. The first kappa shape index (κ1) is 23.8. The van der Waals surface area contributed by atoms with Gasteiger partial charge in [0.1, 0.15) is 12.2 Å². The Morgan fingerprint density at radius 3 is 2.80 bits per heavy atom. The van der Waals surface area contributed by atoms with E-state index in [-0.39, 0.29) is 17.3 Å². The van der Waals surface area contributed by atoms with Gasteiger partial charge in [0.25, 0.3) is 0 Å². The molecule has 6 rings (SSSR count). The molecular formula is C29H35NO5. The molecule has 2 bridgehead atoms. The Hall–Kier alpha value is -2.96. The van der Waals surface area contributed by atoms with Gasteiger partial charge in [0.15, 0.2) is 23.0 Å². The van der Waals surface area contributed by atoms with E-state index in [1.807, 2.05) is 31.2 Å². The molecule has 35 heavy (non-hydrogen) atoms. The summed E-state index contributed by atoms with van der Waals surface area (Å²) in [5, 5.41) is 19.9. The van der Waals surface area contributed by atoms with Crippen LogP contribution in [0.4, 0.5) is 0 Å². The van der Waals surface area contributed by atoms with Crippen LogP contribution in [-0.4, -0.2) is 60.7 Å². The zero-order valence-electron chi connectivity index (χ0n) is 20.7. The van der Waals surface area contributed by atoms with Gasteiger partial charge < -0.3 is 29.3 Å². The topological polar surface area (TPSA) is 71.4 Å². The Kier molecular flexibility index (Phi) is 6.28. The van der Waals surface area contributed by atoms with Crippen LogP contribution in [0.2, 0.25) is 0 Å². The highest BCUT2D eigenvalue weighted by molar-refractivity contribution is 5.62. The average Bonchev–Trinajstić information content (AvgIpc) is 3.21. The second-order valence-electron chi connectivity index (χ2n) is 9.84. The van der Waals surface area contributed by atoms with Crippen molar-refractivity contribution in [2.75, 3.05) is 27.3 Å². The van der Waals surface area contributed by atoms with E-state index in [2.05, 4.69) is 30.7 Å². The van der Waals surface area contributed by atoms with E-state index in [0.29, 0.717) is 24.3 Å². The van der Waals surface area contributed by atoms with Crippen molar-refractivity contribution < 1.29 is 24.4 Å². The summed E-state index contributed by atoms with van der Waals surface area (Å²) in [7, 11) is 3.76. The fourth-order valence-corrected chi connectivity index (χ4v) is 6.51. The minimum Gasteiger partial charge on any atom is -0.504 e. The van der Waals surface area contributed by atoms with Gasteiger partial charge in [-0.2, -0.15) is 0 Å². The quantitative estimate of drug-likeness (QED) is 0.634. The van der Waals surface area contributed by atoms with Crippen LogP contribution in [0.15, 0.2) is 55.1 Å². The molecule has 6 heteroatoms. The standard InChI is InChI=1S/C19H23NO3.C10H12O2/c1-3-22-15-7-4-11-10-13-12-5-6-14(21)18-19(12,8-9-20(13)2)16(11)17(15)23-18;1-3-4-8-5-6-9(11)10(7-8)12-2/h4-7,12-14,18,21H,3,8-10H2,1-2H3;3,5-7,11H,1,4H2,2H3/t12-,13+,14-,18-,19-;/m0./s1. The van der Waals surface area contributed by atoms with E-state index in [1.54, 1.807) is 12.1 Å². The first-order valence-electron chi connectivity index (χ1n) is 12.4. The molecule has 2 aliphatic carbocycles. The lowest BCUT2D eigenvalue weighted by Gasteiger charge is -2.56. The Bertz CT molecular complexity index is 1140. The number of phenolic OH excluding ortho intramolecular Hbond substituents is 1. The minimum absolute atomic E-state index is 0.0820. The normalized spacial score (nSPS) is 29.4. The molecule has 0 aromatic heterocycles. The largest absolute Gasteiger partial charge is 0.504 e. The van der Waals surface area contributed by atoms with Gasteiger partial charge in [-0.1, -0.05) is 30.4 Å². The summed E-state index contributed by atoms with van der Waals surface area (Å²) in [4.78, 5) is 2.48. The summed E-state index contributed by atoms with van der Waals surface area (Å²) < 4.78 is 17.1. The Morgan fingerprint density at radius 2 is 2.06 bits per heavy atom. The maximum Gasteiger partial charge on any atom is 0.165 e. The van der Waals surface area contributed by atoms with E-state index in [9.17, 15) is 10.2 Å². The smallest absolute Gasteiger partial charge is 0.165 e. The van der Waals surface area contributed by atoms with Crippen LogP contribution in [0.5, 0.6) is 23.0 Å². The summed E-state index contributed by atoms with van der Waals surface area (Å²) in [6.45, 7) is 7.31. The Morgan fingerprint density at radius 1 is 1.23 bits per heavy atom. The monoisotopic (exact) mass is 477 g/mol. The predicted octanol–water partition coefficient (Wildman–Crippen LogP) is 4.02. The number of ether oxygens (including phenoxy) is 3. The number of likely N-dealkylation sites (N-methyl/N-ethyl adjacent to an activating group) is 1. The number of hydrogen-bond donors (Lipinski definition) is 2. The number of phenols is 1. The van der Waals surface area contributed by atoms with Crippen molar-refractivity contribution in [3.63, 3.8) is 0 Å². The van der Waals surface area contributed by atoms with Crippen molar-refractivity contribution in [2.45, 2.75) is 49.9 Å². The van der Waals surface area contributed by atoms with Crippen molar-refractivity contribution in [3.05, 3.63) is 71.8 Å². The molecule has 1 fully saturated rings. The van der Waals surface area contributed by atoms with Crippen LogP contribution in [0.25, 0.3) is 0 Å². The molecule has 0 amide bonds. The second kappa shape index (κ2) is 9.25. The fraction of sp³-hybridized carbons (Fsp3) is 0.448. The van der Waals surface area contributed by atoms with Crippen molar-refractivity contribution >= 4 is 0 Å². The number of rotatable bonds is 5. The number of aliphatic hydroxyl groups excluding tert-OH is 1. The maximum absolute atomic E-state index is 10.6. The molecule has 6 nitrogen and oxygen atoms in total. The van der Waals surface area contributed by atoms with E-state index < -0.39 is 6.10 Å². The molecule has 186 valence electrons. The molecule has 2 aromatic carbocycles. The van der Waals surface area contributed by atoms with Crippen molar-refractivity contribution in [1.29, 1.82) is 0 Å². The molecule has 0 radical (unpaired) electrons. The van der Waals surface area contributed by atoms with E-state index in [1.165, 1.54) is 18.2 Å². The summed E-state index contributed by atoms with van der Waals surface area (Å²) >= 11 is 0. The van der Waals surface area contributed by atoms with Gasteiger partial charge in [-0.25, -0.2) is 0 Å². The number of piperidine rings is 1. The molecule has 2 aliphatic heterocycles. The summed E-state index contributed by atoms with van der Waals surface area (Å²) in [6.07, 6.45) is 8.16. The van der Waals surface area contributed by atoms with Gasteiger partial charge in [-0.3, -0.25) is 0 Å². The molecule has 0 unspecified atom stereocenters. The van der Waals surface area contributed by atoms with Gasteiger partial charge >= 0.3 is 0 Å². The zero-order chi connectivity index (χ0) is 24.7. The number of aliphatic hydroxyl groups is 1. The van der Waals surface area contributed by atoms with E-state index in [4.69, 9.17) is 14.2 Å². The molecule has 2 heterocycles. The first-order valence-corrected chi connectivity index (χ1v) is 12.4. The number of methoxy groups -OCH3 is 1. The third kappa shape index (κ3) is 3.71. The van der Waals surface area contributed by atoms with Gasteiger partial charge in [0.2, 0.25) is 0 Å². The summed E-state index contributed by atoms with van der Waals surface area (Å²) in [5.41, 5.74) is 3.70. The number of hydrogen-bond acceptors (Lipinski definition) is 6. The summed E-state index contributed by atoms with van der Waals surface area (Å²) in [5.74, 6) is 2.82. The van der Waals surface area contributed by atoms with E-state index in [0.717, 1.165) is 42.9 Å². The lowest BCUT2D eigenvalue weighted by Crippen LogP contribution is -2.64. The number of allylic oxidation sites excluding steroid dienone is 1. The number of likely N-dealkylation sites (tertiary alicyclic amines) is 1. The number of aromatic hydroxyl groups is 1. The first-order chi connectivity index (χ1) is 16.9. The highest BCUT2D eigenvalue weighted by Gasteiger charge is 2.64. The van der Waals surface area contributed by atoms with Crippen LogP contribution in [-0.2, 0) is 18.3 Å². The molecule has 0 saturated carbocycles. The van der Waals surface area contributed by atoms with Crippen molar-refractivity contribution in [2.24, 2.45) is 5.92 Å². The lowest BCUT2D eigenvalue weighted by atomic mass is 9.53. The van der Waals surface area contributed by atoms with Crippen molar-refractivity contribution in [1.82, 2.24) is 4.90 Å². The molecular weight excluding hydrogens is 442 g/mol. The highest BCUT2D eigenvalue weighted by Crippen LogP contribution is 2.62. The van der Waals surface area contributed by atoms with Gasteiger partial charge in [-0.05, 0) is 69.1 Å². The highest BCUT2D eigenvalue weighted by atomic mass is 16.5. The maximum atomic E-state index is 10.6. The predicted molar refractivity (Wildman–Crippen MR) is 136 cm³/mol. The summed E-state index contributed by atoms with van der Waals surface area (Å²) in [6, 6.07) is 10.0. The molecule has 2 aromatic rings. The number of nitrogens with zero attached hydrogens (tertiary/aromatic N) is 1. The van der Waals surface area contributed by atoms with Crippen molar-refractivity contribution in [3.8, 4) is 23.0 Å². The van der Waals surface area contributed by atoms with Gasteiger partial charge in [0, 0.05) is 22.9 Å². The van der Waals surface area contributed by atoms with Crippen LogP contribution in [0, 0.1) is 5.92 Å². The fourth-order valence-electron chi connectivity index (χ4n) is 6.51. The third-order valence-electron chi connectivity index (χ3n) is 8.06. The minimum atomic E-state index is -0.539. The average molecular weight is 478 g/mol. The molecule has 5 atom stereocenters. The third-order valence-corrected chi connectivity index (χ3v) is 8.06. The number of benzene rings is 2. The molecule has 2 N–H and O–H groups in total. The van der Waals surface area contributed by atoms with Crippen LogP contribution in [0.1, 0.15) is 30.0 Å². The molecule has 1 saturated heterocycles. The van der Waals surface area contributed by atoms with Crippen LogP contribution < -0.4 is 14.2 Å². The molecule has 1 spiro atoms. The second-order valence-corrected chi connectivity index (χ2v) is 9.84.